The lowest BCUT2D eigenvalue weighted by Gasteiger charge is -2.21. The number of nitrogens with zero attached hydrogens (tertiary/aromatic N) is 1. The lowest BCUT2D eigenvalue weighted by molar-refractivity contribution is 0.0948. The van der Waals surface area contributed by atoms with E-state index in [1.54, 1.807) is 0 Å². The third-order valence-electron chi connectivity index (χ3n) is 3.55. The second kappa shape index (κ2) is 6.92. The van der Waals surface area contributed by atoms with Crippen molar-refractivity contribution in [1.29, 1.82) is 0 Å². The Kier molecular flexibility index (Phi) is 5.23. The highest BCUT2D eigenvalue weighted by molar-refractivity contribution is 7.18. The average molecular weight is 296 g/mol. The fourth-order valence-electron chi connectivity index (χ4n) is 2.51. The van der Waals surface area contributed by atoms with Gasteiger partial charge in [-0.15, -0.1) is 0 Å². The van der Waals surface area contributed by atoms with Crippen molar-refractivity contribution in [2.24, 2.45) is 5.92 Å². The van der Waals surface area contributed by atoms with E-state index in [4.69, 9.17) is 5.73 Å². The molecule has 4 N–H and O–H groups in total. The van der Waals surface area contributed by atoms with Crippen LogP contribution in [0.25, 0.3) is 0 Å². The topological polar surface area (TPSA) is 80.0 Å². The van der Waals surface area contributed by atoms with Crippen LogP contribution in [-0.4, -0.2) is 23.5 Å². The van der Waals surface area contributed by atoms with Gasteiger partial charge >= 0.3 is 0 Å². The van der Waals surface area contributed by atoms with Crippen LogP contribution in [0.4, 0.5) is 10.9 Å². The van der Waals surface area contributed by atoms with Crippen LogP contribution in [0, 0.1) is 5.92 Å². The number of anilines is 2. The summed E-state index contributed by atoms with van der Waals surface area (Å²) in [7, 11) is 0. The van der Waals surface area contributed by atoms with E-state index in [9.17, 15) is 4.79 Å². The normalized spacial score (nSPS) is 16.4. The monoisotopic (exact) mass is 296 g/mol. The van der Waals surface area contributed by atoms with Crippen molar-refractivity contribution in [3.05, 3.63) is 4.88 Å². The van der Waals surface area contributed by atoms with Gasteiger partial charge in [0.15, 0.2) is 5.13 Å². The van der Waals surface area contributed by atoms with E-state index < -0.39 is 0 Å². The van der Waals surface area contributed by atoms with E-state index in [1.165, 1.54) is 43.4 Å². The van der Waals surface area contributed by atoms with Crippen LogP contribution in [0.1, 0.15) is 55.6 Å². The number of nitrogen functional groups attached to an aromatic ring is 1. The summed E-state index contributed by atoms with van der Waals surface area (Å²) >= 11 is 1.32. The van der Waals surface area contributed by atoms with Gasteiger partial charge in [-0.1, -0.05) is 30.6 Å². The van der Waals surface area contributed by atoms with Gasteiger partial charge < -0.3 is 16.4 Å². The van der Waals surface area contributed by atoms with Gasteiger partial charge in [-0.25, -0.2) is 4.98 Å². The van der Waals surface area contributed by atoms with E-state index in [2.05, 4.69) is 15.6 Å². The lowest BCUT2D eigenvalue weighted by Crippen LogP contribution is -2.30. The molecule has 1 fully saturated rings. The molecule has 112 valence electrons. The quantitative estimate of drug-likeness (QED) is 0.780. The predicted octanol–water partition coefficient (Wildman–Crippen LogP) is 2.86. The molecule has 0 spiro atoms. The van der Waals surface area contributed by atoms with E-state index in [1.807, 2.05) is 13.8 Å². The molecule has 6 heteroatoms. The molecule has 0 bridgehead atoms. The average Bonchev–Trinajstić information content (AvgIpc) is 2.77. The number of amides is 1. The summed E-state index contributed by atoms with van der Waals surface area (Å²) < 4.78 is 0. The van der Waals surface area contributed by atoms with Crippen LogP contribution >= 0.6 is 11.3 Å². The number of carbonyl (C=O) groups is 1. The van der Waals surface area contributed by atoms with Crippen LogP contribution < -0.4 is 16.4 Å². The first-order valence-electron chi connectivity index (χ1n) is 7.37. The zero-order valence-corrected chi connectivity index (χ0v) is 13.1. The molecular weight excluding hydrogens is 272 g/mol. The third-order valence-corrected chi connectivity index (χ3v) is 4.55. The number of carbonyl (C=O) groups excluding carboxylic acids is 1. The first kappa shape index (κ1) is 15.1. The van der Waals surface area contributed by atoms with Crippen LogP contribution in [-0.2, 0) is 0 Å². The fraction of sp³-hybridized carbons (Fsp3) is 0.714. The highest BCUT2D eigenvalue weighted by Crippen LogP contribution is 2.26. The predicted molar refractivity (Wildman–Crippen MR) is 84.2 cm³/mol. The van der Waals surface area contributed by atoms with Gasteiger partial charge in [-0.3, -0.25) is 4.79 Å². The van der Waals surface area contributed by atoms with Crippen molar-refractivity contribution in [3.8, 4) is 0 Å². The summed E-state index contributed by atoms with van der Waals surface area (Å²) in [6, 6.07) is 0.277. The molecule has 0 saturated heterocycles. The van der Waals surface area contributed by atoms with Gasteiger partial charge in [0.25, 0.3) is 5.91 Å². The molecule has 0 atom stereocenters. The Balaban J connectivity index is 1.89. The smallest absolute Gasteiger partial charge is 0.265 e. The highest BCUT2D eigenvalue weighted by Gasteiger charge is 2.19. The first-order valence-corrected chi connectivity index (χ1v) is 8.19. The molecule has 1 heterocycles. The second-order valence-electron chi connectivity index (χ2n) is 5.75. The summed E-state index contributed by atoms with van der Waals surface area (Å²) in [5.74, 6) is 0.844. The Hall–Kier alpha value is -1.30. The molecule has 0 radical (unpaired) electrons. The standard InChI is InChI=1S/C14H24N4OS/c1-9(2)17-14-18-12(15)11(20-14)13(19)16-8-10-6-4-3-5-7-10/h9-10H,3-8,15H2,1-2H3,(H,16,19)(H,17,18). The molecule has 1 aliphatic rings. The Morgan fingerprint density at radius 1 is 1.40 bits per heavy atom. The van der Waals surface area contributed by atoms with Crippen molar-refractivity contribution in [2.45, 2.75) is 52.0 Å². The minimum Gasteiger partial charge on any atom is -0.382 e. The minimum atomic E-state index is -0.0950. The highest BCUT2D eigenvalue weighted by atomic mass is 32.1. The molecule has 5 nitrogen and oxygen atoms in total. The summed E-state index contributed by atoms with van der Waals surface area (Å²) in [4.78, 5) is 16.9. The number of hydrogen-bond acceptors (Lipinski definition) is 5. The Bertz CT molecular complexity index is 452. The van der Waals surface area contributed by atoms with E-state index in [-0.39, 0.29) is 11.9 Å². The lowest BCUT2D eigenvalue weighted by atomic mass is 9.89. The molecule has 1 aliphatic carbocycles. The molecule has 0 aliphatic heterocycles. The fourth-order valence-corrected chi connectivity index (χ4v) is 3.46. The molecule has 1 aromatic heterocycles. The SMILES string of the molecule is CC(C)Nc1nc(N)c(C(=O)NCC2CCCCC2)s1. The van der Waals surface area contributed by atoms with E-state index in [0.717, 1.165) is 6.54 Å². The number of rotatable bonds is 5. The number of hydrogen-bond donors (Lipinski definition) is 3. The third kappa shape index (κ3) is 4.10. The maximum atomic E-state index is 12.2. The number of aromatic nitrogens is 1. The van der Waals surface area contributed by atoms with Crippen molar-refractivity contribution in [2.75, 3.05) is 17.6 Å². The molecule has 1 amide bonds. The second-order valence-corrected chi connectivity index (χ2v) is 6.75. The van der Waals surface area contributed by atoms with Crippen LogP contribution in [0.5, 0.6) is 0 Å². The maximum absolute atomic E-state index is 12.2. The van der Waals surface area contributed by atoms with E-state index in [0.29, 0.717) is 21.7 Å². The van der Waals surface area contributed by atoms with Gasteiger partial charge in [0.1, 0.15) is 10.7 Å². The summed E-state index contributed by atoms with van der Waals surface area (Å²) in [6.07, 6.45) is 6.34. The molecular formula is C14H24N4OS. The Labute approximate surface area is 124 Å². The molecule has 0 aromatic carbocycles. The van der Waals surface area contributed by atoms with Gasteiger partial charge in [-0.2, -0.15) is 0 Å². The van der Waals surface area contributed by atoms with Gasteiger partial charge in [0, 0.05) is 12.6 Å². The molecule has 1 saturated carbocycles. The first-order chi connectivity index (χ1) is 9.56. The molecule has 2 rings (SSSR count). The zero-order chi connectivity index (χ0) is 14.5. The number of nitrogens with one attached hydrogen (secondary N) is 2. The number of thiazole rings is 1. The summed E-state index contributed by atoms with van der Waals surface area (Å²) in [5, 5.41) is 6.88. The zero-order valence-electron chi connectivity index (χ0n) is 12.2. The largest absolute Gasteiger partial charge is 0.382 e. The molecule has 1 aromatic rings. The van der Waals surface area contributed by atoms with E-state index >= 15 is 0 Å². The van der Waals surface area contributed by atoms with Crippen molar-refractivity contribution in [1.82, 2.24) is 10.3 Å². The van der Waals surface area contributed by atoms with Crippen LogP contribution in [0.15, 0.2) is 0 Å². The summed E-state index contributed by atoms with van der Waals surface area (Å²) in [6.45, 7) is 4.81. The van der Waals surface area contributed by atoms with Crippen LogP contribution in [0.2, 0.25) is 0 Å². The minimum absolute atomic E-state index is 0.0950. The van der Waals surface area contributed by atoms with Gasteiger partial charge in [-0.05, 0) is 32.6 Å². The van der Waals surface area contributed by atoms with Crippen molar-refractivity contribution >= 4 is 28.2 Å². The Morgan fingerprint density at radius 2 is 2.10 bits per heavy atom. The number of nitrogens with two attached hydrogens (primary N) is 1. The molecule has 20 heavy (non-hydrogen) atoms. The van der Waals surface area contributed by atoms with Crippen molar-refractivity contribution in [3.63, 3.8) is 0 Å². The summed E-state index contributed by atoms with van der Waals surface area (Å²) in [5.41, 5.74) is 5.83. The van der Waals surface area contributed by atoms with Crippen molar-refractivity contribution < 1.29 is 4.79 Å². The molecule has 0 unspecified atom stereocenters. The van der Waals surface area contributed by atoms with Gasteiger partial charge in [0.2, 0.25) is 0 Å². The van der Waals surface area contributed by atoms with Crippen LogP contribution in [0.3, 0.4) is 0 Å². The van der Waals surface area contributed by atoms with Gasteiger partial charge in [0.05, 0.1) is 0 Å². The maximum Gasteiger partial charge on any atom is 0.265 e. The Morgan fingerprint density at radius 3 is 2.75 bits per heavy atom.